The molecule has 1 aliphatic heterocycles. The molecule has 0 aromatic carbocycles. The van der Waals surface area contributed by atoms with Gasteiger partial charge in [-0.15, -0.1) is 0 Å². The second-order valence-electron chi connectivity index (χ2n) is 6.78. The number of hydrogen-bond donors (Lipinski definition) is 2. The van der Waals surface area contributed by atoms with Crippen LogP contribution >= 0.6 is 0 Å². The van der Waals surface area contributed by atoms with Crippen LogP contribution in [0.4, 0.5) is 11.6 Å². The van der Waals surface area contributed by atoms with E-state index >= 15 is 0 Å². The Morgan fingerprint density at radius 2 is 2.08 bits per heavy atom. The molecule has 0 amide bonds. The number of nitrogens with one attached hydrogen (secondary N) is 2. The van der Waals surface area contributed by atoms with Crippen LogP contribution in [0.2, 0.25) is 0 Å². The molecule has 1 atom stereocenters. The van der Waals surface area contributed by atoms with E-state index in [1.165, 1.54) is 13.1 Å². The van der Waals surface area contributed by atoms with Crippen LogP contribution in [0.25, 0.3) is 5.65 Å². The van der Waals surface area contributed by atoms with Crippen LogP contribution < -0.4 is 21.5 Å². The second kappa shape index (κ2) is 6.01. The fraction of sp³-hybridized carbons (Fsp3) is 0.412. The lowest BCUT2D eigenvalue weighted by Gasteiger charge is -2.19. The predicted octanol–water partition coefficient (Wildman–Crippen LogP) is 0.424. The van der Waals surface area contributed by atoms with E-state index in [-0.39, 0.29) is 11.6 Å². The van der Waals surface area contributed by atoms with E-state index in [0.29, 0.717) is 12.4 Å². The van der Waals surface area contributed by atoms with E-state index in [0.717, 1.165) is 40.3 Å². The Balaban J connectivity index is 1.57. The molecule has 1 aliphatic rings. The normalized spacial score (nSPS) is 17.2. The second-order valence-corrected chi connectivity index (χ2v) is 6.78. The van der Waals surface area contributed by atoms with Gasteiger partial charge in [-0.3, -0.25) is 14.3 Å². The molecule has 0 bridgehead atoms. The van der Waals surface area contributed by atoms with Crippen molar-refractivity contribution in [2.24, 2.45) is 7.05 Å². The zero-order chi connectivity index (χ0) is 18.4. The molecule has 0 radical (unpaired) electrons. The monoisotopic (exact) mass is 355 g/mol. The van der Waals surface area contributed by atoms with Gasteiger partial charge < -0.3 is 10.2 Å². The molecule has 1 saturated heterocycles. The summed E-state index contributed by atoms with van der Waals surface area (Å²) in [5.74, 6) is 1.46. The van der Waals surface area contributed by atoms with Crippen LogP contribution in [0.1, 0.15) is 17.7 Å². The predicted molar refractivity (Wildman–Crippen MR) is 99.0 cm³/mol. The van der Waals surface area contributed by atoms with Crippen LogP contribution in [0, 0.1) is 13.8 Å². The van der Waals surface area contributed by atoms with Crippen molar-refractivity contribution in [3.63, 3.8) is 0 Å². The summed E-state index contributed by atoms with van der Waals surface area (Å²) >= 11 is 0. The minimum Gasteiger partial charge on any atom is -0.365 e. The van der Waals surface area contributed by atoms with E-state index in [4.69, 9.17) is 0 Å². The maximum absolute atomic E-state index is 11.9. The number of nitrogens with zero attached hydrogens (tertiary/aromatic N) is 5. The summed E-state index contributed by atoms with van der Waals surface area (Å²) in [4.78, 5) is 33.0. The van der Waals surface area contributed by atoms with Crippen molar-refractivity contribution in [1.29, 1.82) is 0 Å². The summed E-state index contributed by atoms with van der Waals surface area (Å²) < 4.78 is 2.87. The van der Waals surface area contributed by atoms with E-state index in [1.807, 2.05) is 29.3 Å². The van der Waals surface area contributed by atoms with Gasteiger partial charge in [0, 0.05) is 49.6 Å². The molecule has 0 spiro atoms. The standard InChI is InChI=1S/C17H21N7O2/c1-10-8-18-24-14(6-11(2)19-16(10)24)20-12-4-5-23(9-12)13-7-15(25)22(3)17(26)21-13/h6-8,12,20H,4-5,9H2,1-3H3,(H,21,26)/t12-/m1/s1. The zero-order valence-electron chi connectivity index (χ0n) is 15.0. The first-order valence-electron chi connectivity index (χ1n) is 8.56. The minimum absolute atomic E-state index is 0.178. The number of aromatic nitrogens is 5. The third-order valence-corrected chi connectivity index (χ3v) is 4.79. The largest absolute Gasteiger partial charge is 0.365 e. The summed E-state index contributed by atoms with van der Waals surface area (Å²) in [5.41, 5.74) is 2.09. The molecular weight excluding hydrogens is 334 g/mol. The Labute approximate surface area is 149 Å². The number of H-pyrrole nitrogens is 1. The highest BCUT2D eigenvalue weighted by Crippen LogP contribution is 2.21. The molecule has 4 heterocycles. The van der Waals surface area contributed by atoms with Crippen molar-refractivity contribution >= 4 is 17.3 Å². The number of aromatic amines is 1. The van der Waals surface area contributed by atoms with Gasteiger partial charge in [0.15, 0.2) is 5.65 Å². The number of hydrogen-bond acceptors (Lipinski definition) is 6. The molecule has 4 rings (SSSR count). The van der Waals surface area contributed by atoms with Gasteiger partial charge in [-0.1, -0.05) is 0 Å². The van der Waals surface area contributed by atoms with Crippen molar-refractivity contribution < 1.29 is 0 Å². The maximum atomic E-state index is 11.9. The first-order valence-corrected chi connectivity index (χ1v) is 8.56. The minimum atomic E-state index is -0.401. The quantitative estimate of drug-likeness (QED) is 0.706. The molecule has 26 heavy (non-hydrogen) atoms. The molecule has 9 heteroatoms. The van der Waals surface area contributed by atoms with E-state index in [9.17, 15) is 9.59 Å². The highest BCUT2D eigenvalue weighted by Gasteiger charge is 2.24. The molecule has 0 saturated carbocycles. The van der Waals surface area contributed by atoms with Crippen LogP contribution in [0.15, 0.2) is 27.9 Å². The Morgan fingerprint density at radius 1 is 1.27 bits per heavy atom. The summed E-state index contributed by atoms with van der Waals surface area (Å²) in [6.07, 6.45) is 2.69. The number of fused-ring (bicyclic) bond motifs is 1. The zero-order valence-corrected chi connectivity index (χ0v) is 15.0. The van der Waals surface area contributed by atoms with E-state index in [2.05, 4.69) is 20.4 Å². The fourth-order valence-electron chi connectivity index (χ4n) is 3.32. The number of anilines is 2. The van der Waals surface area contributed by atoms with Crippen LogP contribution in [-0.4, -0.2) is 43.3 Å². The van der Waals surface area contributed by atoms with Crippen LogP contribution in [0.5, 0.6) is 0 Å². The Kier molecular flexibility index (Phi) is 3.78. The van der Waals surface area contributed by atoms with Gasteiger partial charge in [0.1, 0.15) is 11.6 Å². The molecule has 3 aromatic rings. The Bertz CT molecular complexity index is 1060. The molecule has 1 fully saturated rings. The highest BCUT2D eigenvalue weighted by atomic mass is 16.2. The van der Waals surface area contributed by atoms with Crippen molar-refractivity contribution in [3.8, 4) is 0 Å². The van der Waals surface area contributed by atoms with Gasteiger partial charge in [-0.05, 0) is 20.3 Å². The van der Waals surface area contributed by atoms with Gasteiger partial charge in [-0.25, -0.2) is 9.78 Å². The van der Waals surface area contributed by atoms with Crippen LogP contribution in [0.3, 0.4) is 0 Å². The highest BCUT2D eigenvalue weighted by molar-refractivity contribution is 5.54. The summed E-state index contributed by atoms with van der Waals surface area (Å²) in [7, 11) is 1.46. The number of rotatable bonds is 3. The Morgan fingerprint density at radius 3 is 2.85 bits per heavy atom. The average Bonchev–Trinajstić information content (AvgIpc) is 3.20. The third-order valence-electron chi connectivity index (χ3n) is 4.79. The average molecular weight is 355 g/mol. The van der Waals surface area contributed by atoms with Gasteiger partial charge >= 0.3 is 5.69 Å². The van der Waals surface area contributed by atoms with Gasteiger partial charge in [0.2, 0.25) is 0 Å². The smallest absolute Gasteiger partial charge is 0.329 e. The molecule has 9 nitrogen and oxygen atoms in total. The van der Waals surface area contributed by atoms with Gasteiger partial charge in [-0.2, -0.15) is 9.61 Å². The first kappa shape index (κ1) is 16.4. The van der Waals surface area contributed by atoms with Crippen molar-refractivity contribution in [2.45, 2.75) is 26.3 Å². The van der Waals surface area contributed by atoms with Crippen molar-refractivity contribution in [3.05, 3.63) is 50.4 Å². The fourth-order valence-corrected chi connectivity index (χ4v) is 3.32. The lowest BCUT2D eigenvalue weighted by atomic mass is 10.2. The lowest BCUT2D eigenvalue weighted by Crippen LogP contribution is -2.35. The van der Waals surface area contributed by atoms with E-state index in [1.54, 1.807) is 6.20 Å². The Hall–Kier alpha value is -3.10. The molecule has 2 N–H and O–H groups in total. The summed E-state index contributed by atoms with van der Waals surface area (Å²) in [5, 5.41) is 7.92. The van der Waals surface area contributed by atoms with Crippen molar-refractivity contribution in [2.75, 3.05) is 23.3 Å². The first-order chi connectivity index (χ1) is 12.4. The molecular formula is C17H21N7O2. The molecule has 0 aliphatic carbocycles. The SMILES string of the molecule is Cc1cc(N[C@@H]2CCN(c3cc(=O)n(C)c(=O)[nH]3)C2)n2ncc(C)c2n1. The third kappa shape index (κ3) is 2.75. The summed E-state index contributed by atoms with van der Waals surface area (Å²) in [6.45, 7) is 5.39. The lowest BCUT2D eigenvalue weighted by molar-refractivity contribution is 0.759. The molecule has 3 aromatic heterocycles. The van der Waals surface area contributed by atoms with Crippen LogP contribution in [-0.2, 0) is 7.05 Å². The van der Waals surface area contributed by atoms with E-state index < -0.39 is 5.69 Å². The number of aryl methyl sites for hydroxylation is 2. The summed E-state index contributed by atoms with van der Waals surface area (Å²) in [6, 6.07) is 3.62. The molecule has 0 unspecified atom stereocenters. The molecule has 136 valence electrons. The van der Waals surface area contributed by atoms with Gasteiger partial charge in [0.05, 0.1) is 6.20 Å². The van der Waals surface area contributed by atoms with Gasteiger partial charge in [0.25, 0.3) is 5.56 Å². The maximum Gasteiger partial charge on any atom is 0.329 e. The topological polar surface area (TPSA) is 100 Å². The van der Waals surface area contributed by atoms with Crippen molar-refractivity contribution in [1.82, 2.24) is 24.1 Å².